The lowest BCUT2D eigenvalue weighted by atomic mass is 9.98. The summed E-state index contributed by atoms with van der Waals surface area (Å²) in [7, 11) is 0. The molecule has 206 valence electrons. The average molecular weight is 500 g/mol. The highest BCUT2D eigenvalue weighted by Gasteiger charge is 2.60. The van der Waals surface area contributed by atoms with Gasteiger partial charge in [-0.3, -0.25) is 4.90 Å². The lowest BCUT2D eigenvalue weighted by Crippen LogP contribution is -2.58. The second-order valence-corrected chi connectivity index (χ2v) is 11.6. The zero-order chi connectivity index (χ0) is 25.3. The van der Waals surface area contributed by atoms with Crippen LogP contribution in [0.2, 0.25) is 0 Å². The first-order valence-corrected chi connectivity index (χ1v) is 14.4. The van der Waals surface area contributed by atoms with E-state index in [-0.39, 0.29) is 31.0 Å². The molecule has 7 heteroatoms. The maximum absolute atomic E-state index is 9.66. The molecule has 0 saturated carbocycles. The molecule has 3 heterocycles. The largest absolute Gasteiger partial charge is 0.395 e. The zero-order valence-corrected chi connectivity index (χ0v) is 23.1. The van der Waals surface area contributed by atoms with Crippen LogP contribution in [0.15, 0.2) is 0 Å². The van der Waals surface area contributed by atoms with Crippen LogP contribution in [0, 0.1) is 0 Å². The zero-order valence-electron chi connectivity index (χ0n) is 23.1. The van der Waals surface area contributed by atoms with Crippen molar-refractivity contribution >= 4 is 0 Å². The number of rotatable bonds is 17. The standard InChI is InChI=1S/C28H53NO6/c1-6-7-8-9-10-11-12-13-14-15-16-17-18-29(19-20-30)21-22-23-24(33-27(2,3)32-23)25-26(31-22)35-28(4,5)34-25/h22-26,30H,6-21H2,1-5H3/t22-,23+,24+,25-,26-/m1/s1. The van der Waals surface area contributed by atoms with Crippen LogP contribution in [0.3, 0.4) is 0 Å². The normalized spacial score (nSPS) is 31.1. The van der Waals surface area contributed by atoms with Crippen molar-refractivity contribution in [1.29, 1.82) is 0 Å². The van der Waals surface area contributed by atoms with E-state index in [1.165, 1.54) is 70.6 Å². The number of aliphatic hydroxyl groups is 1. The van der Waals surface area contributed by atoms with Gasteiger partial charge < -0.3 is 28.8 Å². The quantitative estimate of drug-likeness (QED) is 0.270. The fourth-order valence-corrected chi connectivity index (χ4v) is 5.71. The maximum atomic E-state index is 9.66. The highest BCUT2D eigenvalue weighted by atomic mass is 16.9. The molecule has 3 fully saturated rings. The summed E-state index contributed by atoms with van der Waals surface area (Å²) in [6.07, 6.45) is 14.7. The molecule has 3 aliphatic heterocycles. The molecular weight excluding hydrogens is 446 g/mol. The van der Waals surface area contributed by atoms with E-state index < -0.39 is 17.9 Å². The minimum absolute atomic E-state index is 0.140. The summed E-state index contributed by atoms with van der Waals surface area (Å²) in [6.45, 7) is 12.4. The number of hydrogen-bond donors (Lipinski definition) is 1. The van der Waals surface area contributed by atoms with E-state index in [9.17, 15) is 5.11 Å². The van der Waals surface area contributed by atoms with Crippen molar-refractivity contribution < 1.29 is 28.8 Å². The third-order valence-corrected chi connectivity index (χ3v) is 7.43. The van der Waals surface area contributed by atoms with Crippen LogP contribution in [0.5, 0.6) is 0 Å². The van der Waals surface area contributed by atoms with Crippen molar-refractivity contribution in [1.82, 2.24) is 4.90 Å². The highest BCUT2D eigenvalue weighted by molar-refractivity contribution is 5.00. The number of nitrogens with zero attached hydrogens (tertiary/aromatic N) is 1. The molecule has 35 heavy (non-hydrogen) atoms. The summed E-state index contributed by atoms with van der Waals surface area (Å²) in [4.78, 5) is 2.30. The molecule has 3 rings (SSSR count). The van der Waals surface area contributed by atoms with Gasteiger partial charge in [0, 0.05) is 13.1 Å². The molecule has 0 radical (unpaired) electrons. The molecule has 0 aromatic heterocycles. The molecule has 0 aromatic carbocycles. The summed E-state index contributed by atoms with van der Waals surface area (Å²) in [5.41, 5.74) is 0. The van der Waals surface area contributed by atoms with Crippen molar-refractivity contribution in [2.45, 2.75) is 154 Å². The predicted molar refractivity (Wildman–Crippen MR) is 137 cm³/mol. The SMILES string of the molecule is CCCCCCCCCCCCCCN(CCO)C[C@H]1O[C@@H]2OC(C)(C)O[C@@H]2[C@H]2OC(C)(C)O[C@H]21. The molecule has 0 amide bonds. The predicted octanol–water partition coefficient (Wildman–Crippen LogP) is 5.38. The van der Waals surface area contributed by atoms with Crippen molar-refractivity contribution in [2.75, 3.05) is 26.2 Å². The van der Waals surface area contributed by atoms with Gasteiger partial charge in [-0.2, -0.15) is 0 Å². The topological polar surface area (TPSA) is 69.6 Å². The lowest BCUT2D eigenvalue weighted by Gasteiger charge is -2.39. The van der Waals surface area contributed by atoms with Crippen LogP contribution in [0.1, 0.15) is 112 Å². The number of ether oxygens (including phenoxy) is 5. The van der Waals surface area contributed by atoms with Crippen LogP contribution < -0.4 is 0 Å². The minimum Gasteiger partial charge on any atom is -0.395 e. The first-order valence-electron chi connectivity index (χ1n) is 14.4. The van der Waals surface area contributed by atoms with E-state index in [0.717, 1.165) is 13.0 Å². The Morgan fingerprint density at radius 1 is 0.629 bits per heavy atom. The van der Waals surface area contributed by atoms with Gasteiger partial charge in [0.05, 0.1) is 6.61 Å². The summed E-state index contributed by atoms with van der Waals surface area (Å²) in [5, 5.41) is 9.66. The van der Waals surface area contributed by atoms with Crippen molar-refractivity contribution in [2.24, 2.45) is 0 Å². The van der Waals surface area contributed by atoms with Gasteiger partial charge in [-0.15, -0.1) is 0 Å². The third-order valence-electron chi connectivity index (χ3n) is 7.43. The second-order valence-electron chi connectivity index (χ2n) is 11.6. The van der Waals surface area contributed by atoms with Gasteiger partial charge in [-0.1, -0.05) is 77.6 Å². The van der Waals surface area contributed by atoms with Crippen molar-refractivity contribution in [3.05, 3.63) is 0 Å². The molecule has 3 saturated heterocycles. The Morgan fingerprint density at radius 3 is 1.74 bits per heavy atom. The molecular formula is C28H53NO6. The Bertz CT molecular complexity index is 600. The molecule has 0 aromatic rings. The van der Waals surface area contributed by atoms with Gasteiger partial charge in [-0.25, -0.2) is 0 Å². The monoisotopic (exact) mass is 499 g/mol. The highest BCUT2D eigenvalue weighted by Crippen LogP contribution is 2.44. The summed E-state index contributed by atoms with van der Waals surface area (Å²) in [5.74, 6) is -1.38. The van der Waals surface area contributed by atoms with E-state index in [0.29, 0.717) is 13.1 Å². The Morgan fingerprint density at radius 2 is 1.14 bits per heavy atom. The van der Waals surface area contributed by atoms with Crippen molar-refractivity contribution in [3.63, 3.8) is 0 Å². The summed E-state index contributed by atoms with van der Waals surface area (Å²) >= 11 is 0. The van der Waals surface area contributed by atoms with Gasteiger partial charge in [0.1, 0.15) is 24.4 Å². The molecule has 7 nitrogen and oxygen atoms in total. The molecule has 5 atom stereocenters. The molecule has 0 bridgehead atoms. The molecule has 3 aliphatic rings. The maximum Gasteiger partial charge on any atom is 0.190 e. The lowest BCUT2D eigenvalue weighted by molar-refractivity contribution is -0.236. The number of aliphatic hydroxyl groups excluding tert-OH is 1. The van der Waals surface area contributed by atoms with Gasteiger partial charge in [-0.05, 0) is 40.7 Å². The van der Waals surface area contributed by atoms with Crippen LogP contribution >= 0.6 is 0 Å². The Hall–Kier alpha value is -0.280. The summed E-state index contributed by atoms with van der Waals surface area (Å²) in [6, 6.07) is 0. The Balaban J connectivity index is 1.38. The Labute approximate surface area is 214 Å². The van der Waals surface area contributed by atoms with E-state index in [4.69, 9.17) is 23.7 Å². The fraction of sp³-hybridized carbons (Fsp3) is 1.00. The minimum atomic E-state index is -0.704. The van der Waals surface area contributed by atoms with Gasteiger partial charge in [0.25, 0.3) is 0 Å². The van der Waals surface area contributed by atoms with Crippen LogP contribution in [-0.2, 0) is 23.7 Å². The average Bonchev–Trinajstić information content (AvgIpc) is 3.28. The fourth-order valence-electron chi connectivity index (χ4n) is 5.71. The number of fused-ring (bicyclic) bond motifs is 3. The smallest absolute Gasteiger partial charge is 0.190 e. The van der Waals surface area contributed by atoms with E-state index >= 15 is 0 Å². The van der Waals surface area contributed by atoms with Gasteiger partial charge >= 0.3 is 0 Å². The molecule has 0 spiro atoms. The van der Waals surface area contributed by atoms with E-state index in [2.05, 4.69) is 11.8 Å². The number of unbranched alkanes of at least 4 members (excludes halogenated alkanes) is 11. The van der Waals surface area contributed by atoms with E-state index in [1.54, 1.807) is 0 Å². The van der Waals surface area contributed by atoms with Crippen LogP contribution in [0.25, 0.3) is 0 Å². The molecule has 1 N–H and O–H groups in total. The third kappa shape index (κ3) is 9.20. The number of hydrogen-bond acceptors (Lipinski definition) is 7. The molecule has 0 unspecified atom stereocenters. The van der Waals surface area contributed by atoms with Crippen LogP contribution in [-0.4, -0.2) is 78.5 Å². The first kappa shape index (κ1) is 29.3. The van der Waals surface area contributed by atoms with Crippen molar-refractivity contribution in [3.8, 4) is 0 Å². The Kier molecular flexibility index (Phi) is 11.7. The van der Waals surface area contributed by atoms with Crippen LogP contribution in [0.4, 0.5) is 0 Å². The molecule has 0 aliphatic carbocycles. The summed E-state index contributed by atoms with van der Waals surface area (Å²) < 4.78 is 31.0. The van der Waals surface area contributed by atoms with E-state index in [1.807, 2.05) is 27.7 Å². The van der Waals surface area contributed by atoms with Gasteiger partial charge in [0.15, 0.2) is 17.9 Å². The second kappa shape index (κ2) is 14.0. The van der Waals surface area contributed by atoms with Gasteiger partial charge in [0.2, 0.25) is 0 Å². The first-order chi connectivity index (χ1) is 16.7.